The fraction of sp³-hybridized carbons (Fsp3) is 0.667. The minimum absolute atomic E-state index is 0.0514. The summed E-state index contributed by atoms with van der Waals surface area (Å²) in [6.07, 6.45) is 13.1. The molecule has 4 aromatic heterocycles. The van der Waals surface area contributed by atoms with Crippen LogP contribution in [0.5, 0.6) is 12.0 Å². The van der Waals surface area contributed by atoms with Gasteiger partial charge < -0.3 is 31.6 Å². The zero-order valence-electron chi connectivity index (χ0n) is 31.3. The third-order valence-electron chi connectivity index (χ3n) is 9.98. The minimum atomic E-state index is 0.0514. The van der Waals surface area contributed by atoms with Crippen LogP contribution in [0.2, 0.25) is 0 Å². The molecular formula is C36H58N12O2. The Kier molecular flexibility index (Phi) is 11.8. The normalized spacial score (nSPS) is 20.7. The molecule has 0 saturated carbocycles. The van der Waals surface area contributed by atoms with E-state index in [1.54, 1.807) is 10.7 Å². The average Bonchev–Trinajstić information content (AvgIpc) is 3.64. The van der Waals surface area contributed by atoms with Crippen molar-refractivity contribution in [2.45, 2.75) is 113 Å². The van der Waals surface area contributed by atoms with Gasteiger partial charge in [0.1, 0.15) is 0 Å². The number of hydrogen-bond acceptors (Lipinski definition) is 12. The molecule has 4 aromatic rings. The van der Waals surface area contributed by atoms with E-state index in [0.29, 0.717) is 40.9 Å². The standard InChI is InChI=1S/C18H30N6O.C18H28N6O/c2*1-5-6-12(2)25-17-22-15(19)16-21-10-14(24(16)23-17)9-13-7-8-20-11-18(13,3)4/h10,12-13,20H,5-9,11H2,1-4H3,(H2,19,22,23);9-10,12,20H,5-8,11H2,1-4H3,(H2,19,22,23)/b;13-9-/t12-,13?;12-/m00/s1. The number of nitrogens with zero attached hydrogens (tertiary/aromatic N) is 8. The van der Waals surface area contributed by atoms with Crippen LogP contribution >= 0.6 is 0 Å². The van der Waals surface area contributed by atoms with Gasteiger partial charge >= 0.3 is 12.0 Å². The second kappa shape index (κ2) is 15.9. The van der Waals surface area contributed by atoms with Gasteiger partial charge in [-0.2, -0.15) is 9.97 Å². The largest absolute Gasteiger partial charge is 0.459 e. The van der Waals surface area contributed by atoms with Crippen LogP contribution in [0.25, 0.3) is 17.4 Å². The Morgan fingerprint density at radius 2 is 1.44 bits per heavy atom. The Balaban J connectivity index is 0.000000194. The summed E-state index contributed by atoms with van der Waals surface area (Å²) in [6.45, 7) is 21.5. The molecule has 0 aromatic carbocycles. The summed E-state index contributed by atoms with van der Waals surface area (Å²) >= 11 is 0. The van der Waals surface area contributed by atoms with E-state index in [0.717, 1.165) is 82.5 Å². The van der Waals surface area contributed by atoms with Gasteiger partial charge in [0.2, 0.25) is 0 Å². The number of nitrogens with one attached hydrogen (secondary N) is 2. The van der Waals surface area contributed by atoms with Gasteiger partial charge in [-0.15, -0.1) is 10.2 Å². The van der Waals surface area contributed by atoms with Crippen molar-refractivity contribution in [2.75, 3.05) is 37.6 Å². The molecule has 2 fully saturated rings. The lowest BCUT2D eigenvalue weighted by molar-refractivity contribution is 0.153. The summed E-state index contributed by atoms with van der Waals surface area (Å²) in [5.74, 6) is 1.28. The summed E-state index contributed by atoms with van der Waals surface area (Å²) in [5, 5.41) is 16.0. The van der Waals surface area contributed by atoms with Crippen molar-refractivity contribution in [3.05, 3.63) is 29.4 Å². The van der Waals surface area contributed by atoms with E-state index in [9.17, 15) is 0 Å². The molecule has 6 rings (SSSR count). The van der Waals surface area contributed by atoms with E-state index in [-0.39, 0.29) is 23.0 Å². The lowest BCUT2D eigenvalue weighted by atomic mass is 9.72. The molecule has 14 heteroatoms. The zero-order valence-corrected chi connectivity index (χ0v) is 31.3. The van der Waals surface area contributed by atoms with Crippen LogP contribution in [-0.2, 0) is 6.42 Å². The molecular weight excluding hydrogens is 632 g/mol. The molecule has 2 saturated heterocycles. The maximum Gasteiger partial charge on any atom is 0.336 e. The topological polar surface area (TPSA) is 181 Å². The first-order valence-corrected chi connectivity index (χ1v) is 18.3. The Morgan fingerprint density at radius 3 is 2.04 bits per heavy atom. The smallest absolute Gasteiger partial charge is 0.336 e. The summed E-state index contributed by atoms with van der Waals surface area (Å²) in [7, 11) is 0. The van der Waals surface area contributed by atoms with E-state index in [1.807, 2.05) is 24.6 Å². The van der Waals surface area contributed by atoms with Crippen LogP contribution in [0.1, 0.15) is 105 Å². The van der Waals surface area contributed by atoms with Gasteiger partial charge in [-0.1, -0.05) is 60.0 Å². The van der Waals surface area contributed by atoms with Crippen molar-refractivity contribution in [3.8, 4) is 12.0 Å². The summed E-state index contributed by atoms with van der Waals surface area (Å²) in [5.41, 5.74) is 17.0. The molecule has 0 radical (unpaired) electrons. The Hall–Kier alpha value is -4.04. The van der Waals surface area contributed by atoms with Crippen LogP contribution < -0.4 is 31.6 Å². The molecule has 6 heterocycles. The molecule has 0 amide bonds. The molecule has 14 nitrogen and oxygen atoms in total. The van der Waals surface area contributed by atoms with Gasteiger partial charge in [-0.05, 0) is 81.9 Å². The first-order chi connectivity index (χ1) is 23.8. The lowest BCUT2D eigenvalue weighted by Gasteiger charge is -2.39. The molecule has 6 N–H and O–H groups in total. The van der Waals surface area contributed by atoms with Gasteiger partial charge in [0, 0.05) is 13.1 Å². The number of nitrogen functional groups attached to an aromatic ring is 2. The molecule has 1 unspecified atom stereocenters. The third-order valence-corrected chi connectivity index (χ3v) is 9.98. The number of ether oxygens (including phenoxy) is 2. The van der Waals surface area contributed by atoms with Gasteiger partial charge in [-0.25, -0.2) is 19.0 Å². The highest BCUT2D eigenvalue weighted by atomic mass is 16.5. The molecule has 0 aliphatic carbocycles. The van der Waals surface area contributed by atoms with Gasteiger partial charge in [0.05, 0.1) is 36.0 Å². The molecule has 0 spiro atoms. The van der Waals surface area contributed by atoms with Gasteiger partial charge in [0.15, 0.2) is 22.9 Å². The fourth-order valence-electron chi connectivity index (χ4n) is 6.83. The number of piperidine rings is 2. The maximum atomic E-state index is 6.08. The van der Waals surface area contributed by atoms with Crippen LogP contribution in [0.4, 0.5) is 11.6 Å². The average molecular weight is 691 g/mol. The Bertz CT molecular complexity index is 1760. The number of hydrogen-bond donors (Lipinski definition) is 4. The molecule has 3 atom stereocenters. The number of nitrogens with two attached hydrogens (primary N) is 2. The zero-order chi connectivity index (χ0) is 36.1. The number of imidazole rings is 2. The number of rotatable bonds is 11. The van der Waals surface area contributed by atoms with E-state index >= 15 is 0 Å². The minimum Gasteiger partial charge on any atom is -0.459 e. The Labute approximate surface area is 296 Å². The first kappa shape index (κ1) is 37.2. The van der Waals surface area contributed by atoms with Crippen molar-refractivity contribution in [3.63, 3.8) is 0 Å². The Morgan fingerprint density at radius 1 is 0.860 bits per heavy atom. The lowest BCUT2D eigenvalue weighted by Crippen LogP contribution is -2.43. The predicted octanol–water partition coefficient (Wildman–Crippen LogP) is 5.13. The highest BCUT2D eigenvalue weighted by Crippen LogP contribution is 2.35. The second-order valence-electron chi connectivity index (χ2n) is 15.2. The van der Waals surface area contributed by atoms with Gasteiger partial charge in [-0.3, -0.25) is 0 Å². The van der Waals surface area contributed by atoms with Crippen molar-refractivity contribution < 1.29 is 9.47 Å². The fourth-order valence-corrected chi connectivity index (χ4v) is 6.83. The molecule has 2 aliphatic heterocycles. The quantitative estimate of drug-likeness (QED) is 0.163. The third kappa shape index (κ3) is 8.81. The van der Waals surface area contributed by atoms with Gasteiger partial charge in [0.25, 0.3) is 0 Å². The SMILES string of the molecule is CCC[C@H](C)Oc1nc(N)c2ncc(/C=C3/CCNCC3(C)C)n2n1.CCC[C@H](C)Oc1nc(N)c2ncc(CC3CCNCC3(C)C)n2n1. The first-order valence-electron chi connectivity index (χ1n) is 18.3. The van der Waals surface area contributed by atoms with Crippen molar-refractivity contribution >= 4 is 29.0 Å². The van der Waals surface area contributed by atoms with E-state index in [1.165, 1.54) is 5.57 Å². The summed E-state index contributed by atoms with van der Waals surface area (Å²) in [6, 6.07) is 0.628. The monoisotopic (exact) mass is 690 g/mol. The molecule has 0 bridgehead atoms. The molecule has 50 heavy (non-hydrogen) atoms. The van der Waals surface area contributed by atoms with Crippen LogP contribution in [0.15, 0.2) is 18.0 Å². The van der Waals surface area contributed by atoms with Crippen molar-refractivity contribution in [1.82, 2.24) is 49.8 Å². The number of aromatic nitrogens is 8. The summed E-state index contributed by atoms with van der Waals surface area (Å²) < 4.78 is 15.2. The predicted molar refractivity (Wildman–Crippen MR) is 198 cm³/mol. The maximum absolute atomic E-state index is 6.08. The second-order valence-corrected chi connectivity index (χ2v) is 15.2. The molecule has 2 aliphatic rings. The van der Waals surface area contributed by atoms with E-state index in [2.05, 4.69) is 88.4 Å². The van der Waals surface area contributed by atoms with Crippen molar-refractivity contribution in [1.29, 1.82) is 0 Å². The summed E-state index contributed by atoms with van der Waals surface area (Å²) in [4.78, 5) is 17.3. The van der Waals surface area contributed by atoms with E-state index in [4.69, 9.17) is 20.9 Å². The number of fused-ring (bicyclic) bond motifs is 2. The highest BCUT2D eigenvalue weighted by molar-refractivity contribution is 5.64. The number of anilines is 2. The molecule has 274 valence electrons. The van der Waals surface area contributed by atoms with Crippen LogP contribution in [-0.4, -0.2) is 77.6 Å². The van der Waals surface area contributed by atoms with Crippen LogP contribution in [0, 0.1) is 16.7 Å². The van der Waals surface area contributed by atoms with Crippen LogP contribution in [0.3, 0.4) is 0 Å². The van der Waals surface area contributed by atoms with Crippen molar-refractivity contribution in [2.24, 2.45) is 16.7 Å². The van der Waals surface area contributed by atoms with E-state index < -0.39 is 0 Å². The highest BCUT2D eigenvalue weighted by Gasteiger charge is 2.33.